The van der Waals surface area contributed by atoms with E-state index in [0.717, 1.165) is 6.42 Å². The van der Waals surface area contributed by atoms with Gasteiger partial charge in [0.05, 0.1) is 10.4 Å². The monoisotopic (exact) mass is 293 g/mol. The van der Waals surface area contributed by atoms with E-state index in [9.17, 15) is 8.42 Å². The van der Waals surface area contributed by atoms with E-state index in [1.54, 1.807) is 37.3 Å². The molecule has 0 amide bonds. The minimum absolute atomic E-state index is 0.242. The van der Waals surface area contributed by atoms with Gasteiger partial charge < -0.3 is 4.52 Å². The number of aromatic nitrogens is 2. The topological polar surface area (TPSA) is 85.1 Å². The Labute approximate surface area is 117 Å². The van der Waals surface area contributed by atoms with E-state index in [1.807, 2.05) is 0 Å². The van der Waals surface area contributed by atoms with Crippen LogP contribution >= 0.6 is 0 Å². The third-order valence-electron chi connectivity index (χ3n) is 3.55. The molecular weight excluding hydrogens is 278 g/mol. The first-order valence-electron chi connectivity index (χ1n) is 6.42. The summed E-state index contributed by atoms with van der Waals surface area (Å²) in [4.78, 5) is 4.42. The molecule has 3 rings (SSSR count). The maximum Gasteiger partial charge on any atom is 0.241 e. The highest BCUT2D eigenvalue weighted by molar-refractivity contribution is 7.89. The van der Waals surface area contributed by atoms with Gasteiger partial charge in [-0.05, 0) is 31.4 Å². The molecule has 1 fully saturated rings. The van der Waals surface area contributed by atoms with Gasteiger partial charge in [-0.3, -0.25) is 0 Å². The van der Waals surface area contributed by atoms with E-state index in [1.165, 1.54) is 0 Å². The lowest BCUT2D eigenvalue weighted by Crippen LogP contribution is -2.51. The Morgan fingerprint density at radius 2 is 1.95 bits per heavy atom. The molecule has 0 spiro atoms. The second kappa shape index (κ2) is 4.68. The second-order valence-electron chi connectivity index (χ2n) is 4.99. The van der Waals surface area contributed by atoms with E-state index >= 15 is 0 Å². The van der Waals surface area contributed by atoms with Crippen molar-refractivity contribution in [3.63, 3.8) is 0 Å². The molecule has 0 unspecified atom stereocenters. The van der Waals surface area contributed by atoms with Gasteiger partial charge in [-0.15, -0.1) is 0 Å². The molecular formula is C13H15N3O3S. The van der Waals surface area contributed by atoms with Crippen molar-refractivity contribution >= 4 is 10.0 Å². The maximum atomic E-state index is 12.4. The number of benzene rings is 1. The molecule has 0 radical (unpaired) electrons. The standard InChI is InChI=1S/C13H15N3O3S/c1-10-14-12(15-19-10)13(8-5-9-13)16-20(17,18)11-6-3-2-4-7-11/h2-4,6-7,16H,5,8-9H2,1H3. The van der Waals surface area contributed by atoms with E-state index in [2.05, 4.69) is 14.9 Å². The van der Waals surface area contributed by atoms with Crippen molar-refractivity contribution in [3.05, 3.63) is 42.0 Å². The SMILES string of the molecule is Cc1nc(C2(NS(=O)(=O)c3ccccc3)CCC2)no1. The summed E-state index contributed by atoms with van der Waals surface area (Å²) in [5, 5.41) is 3.87. The van der Waals surface area contributed by atoms with Gasteiger partial charge in [-0.2, -0.15) is 9.71 Å². The van der Waals surface area contributed by atoms with Crippen molar-refractivity contribution in [1.29, 1.82) is 0 Å². The Balaban J connectivity index is 1.93. The molecule has 0 aliphatic heterocycles. The molecule has 1 aliphatic carbocycles. The van der Waals surface area contributed by atoms with Crippen LogP contribution in [-0.4, -0.2) is 18.6 Å². The molecule has 0 atom stereocenters. The lowest BCUT2D eigenvalue weighted by Gasteiger charge is -2.39. The van der Waals surface area contributed by atoms with Crippen LogP contribution in [0.2, 0.25) is 0 Å². The van der Waals surface area contributed by atoms with Crippen molar-refractivity contribution in [3.8, 4) is 0 Å². The van der Waals surface area contributed by atoms with Crippen molar-refractivity contribution in [1.82, 2.24) is 14.9 Å². The Morgan fingerprint density at radius 3 is 2.45 bits per heavy atom. The molecule has 1 N–H and O–H groups in total. The summed E-state index contributed by atoms with van der Waals surface area (Å²) in [5.74, 6) is 0.853. The van der Waals surface area contributed by atoms with Crippen LogP contribution in [0.3, 0.4) is 0 Å². The lowest BCUT2D eigenvalue weighted by molar-refractivity contribution is 0.203. The first-order valence-corrected chi connectivity index (χ1v) is 7.90. The maximum absolute atomic E-state index is 12.4. The van der Waals surface area contributed by atoms with Gasteiger partial charge in [0.15, 0.2) is 5.82 Å². The van der Waals surface area contributed by atoms with E-state index < -0.39 is 15.6 Å². The number of aryl methyl sites for hydroxylation is 1. The number of hydrogen-bond donors (Lipinski definition) is 1. The fourth-order valence-electron chi connectivity index (χ4n) is 2.31. The third-order valence-corrected chi connectivity index (χ3v) is 5.10. The van der Waals surface area contributed by atoms with Crippen LogP contribution in [0.1, 0.15) is 31.0 Å². The molecule has 7 heteroatoms. The normalized spacial score (nSPS) is 17.6. The van der Waals surface area contributed by atoms with Gasteiger partial charge in [0.2, 0.25) is 15.9 Å². The van der Waals surface area contributed by atoms with Crippen molar-refractivity contribution in [2.24, 2.45) is 0 Å². The summed E-state index contributed by atoms with van der Waals surface area (Å²) in [6.07, 6.45) is 2.29. The molecule has 1 aliphatic rings. The average molecular weight is 293 g/mol. The Bertz CT molecular complexity index is 705. The van der Waals surface area contributed by atoms with Crippen molar-refractivity contribution in [2.75, 3.05) is 0 Å². The molecule has 1 saturated carbocycles. The first kappa shape index (κ1) is 13.3. The highest BCUT2D eigenvalue weighted by atomic mass is 32.2. The van der Waals surface area contributed by atoms with Crippen LogP contribution < -0.4 is 4.72 Å². The summed E-state index contributed by atoms with van der Waals surface area (Å²) < 4.78 is 32.6. The third kappa shape index (κ3) is 2.23. The predicted octanol–water partition coefficient (Wildman–Crippen LogP) is 1.74. The average Bonchev–Trinajstić information content (AvgIpc) is 2.82. The predicted molar refractivity (Wildman–Crippen MR) is 71.3 cm³/mol. The molecule has 0 bridgehead atoms. The molecule has 6 nitrogen and oxygen atoms in total. The summed E-state index contributed by atoms with van der Waals surface area (Å²) in [7, 11) is -3.59. The number of sulfonamides is 1. The van der Waals surface area contributed by atoms with E-state index in [0.29, 0.717) is 24.6 Å². The highest BCUT2D eigenvalue weighted by Gasteiger charge is 2.46. The number of nitrogens with one attached hydrogen (secondary N) is 1. The number of hydrogen-bond acceptors (Lipinski definition) is 5. The minimum Gasteiger partial charge on any atom is -0.340 e. The fourth-order valence-corrected chi connectivity index (χ4v) is 3.75. The van der Waals surface area contributed by atoms with Gasteiger partial charge in [-0.1, -0.05) is 23.4 Å². The quantitative estimate of drug-likeness (QED) is 0.928. The first-order chi connectivity index (χ1) is 9.52. The van der Waals surface area contributed by atoms with E-state index in [4.69, 9.17) is 4.52 Å². The van der Waals surface area contributed by atoms with Crippen LogP contribution in [0.5, 0.6) is 0 Å². The van der Waals surface area contributed by atoms with Crippen LogP contribution in [0, 0.1) is 6.92 Å². The summed E-state index contributed by atoms with van der Waals surface area (Å²) in [6, 6.07) is 8.30. The summed E-state index contributed by atoms with van der Waals surface area (Å²) >= 11 is 0. The number of rotatable bonds is 4. The summed E-state index contributed by atoms with van der Waals surface area (Å²) in [5.41, 5.74) is -0.730. The fraction of sp³-hybridized carbons (Fsp3) is 0.385. The zero-order chi connectivity index (χ0) is 14.2. The Morgan fingerprint density at radius 1 is 1.25 bits per heavy atom. The van der Waals surface area contributed by atoms with Crippen LogP contribution in [0.15, 0.2) is 39.8 Å². The van der Waals surface area contributed by atoms with Crippen LogP contribution in [0.4, 0.5) is 0 Å². The van der Waals surface area contributed by atoms with Gasteiger partial charge in [0.1, 0.15) is 0 Å². The molecule has 20 heavy (non-hydrogen) atoms. The molecule has 2 aromatic rings. The van der Waals surface area contributed by atoms with Gasteiger partial charge in [0.25, 0.3) is 0 Å². The number of nitrogens with zero attached hydrogens (tertiary/aromatic N) is 2. The Hall–Kier alpha value is -1.73. The van der Waals surface area contributed by atoms with E-state index in [-0.39, 0.29) is 4.90 Å². The largest absolute Gasteiger partial charge is 0.340 e. The van der Waals surface area contributed by atoms with Crippen molar-refractivity contribution in [2.45, 2.75) is 36.6 Å². The smallest absolute Gasteiger partial charge is 0.241 e. The van der Waals surface area contributed by atoms with Crippen LogP contribution in [-0.2, 0) is 15.6 Å². The zero-order valence-corrected chi connectivity index (χ0v) is 11.9. The lowest BCUT2D eigenvalue weighted by atomic mass is 9.77. The molecule has 106 valence electrons. The van der Waals surface area contributed by atoms with Gasteiger partial charge in [0, 0.05) is 6.92 Å². The van der Waals surface area contributed by atoms with Gasteiger partial charge in [-0.25, -0.2) is 8.42 Å². The highest BCUT2D eigenvalue weighted by Crippen LogP contribution is 2.40. The van der Waals surface area contributed by atoms with Gasteiger partial charge >= 0.3 is 0 Å². The Kier molecular flexibility index (Phi) is 3.10. The molecule has 1 aromatic heterocycles. The summed E-state index contributed by atoms with van der Waals surface area (Å²) in [6.45, 7) is 1.69. The zero-order valence-electron chi connectivity index (χ0n) is 11.0. The van der Waals surface area contributed by atoms with Crippen LogP contribution in [0.25, 0.3) is 0 Å². The van der Waals surface area contributed by atoms with Crippen molar-refractivity contribution < 1.29 is 12.9 Å². The minimum atomic E-state index is -3.59. The molecule has 1 heterocycles. The second-order valence-corrected chi connectivity index (χ2v) is 6.67. The molecule has 0 saturated heterocycles. The molecule has 1 aromatic carbocycles.